The number of rotatable bonds is 5. The fourth-order valence-corrected chi connectivity index (χ4v) is 3.96. The Kier molecular flexibility index (Phi) is 4.27. The van der Waals surface area contributed by atoms with Gasteiger partial charge in [-0.05, 0) is 46.0 Å². The lowest BCUT2D eigenvalue weighted by Crippen LogP contribution is -2.05. The highest BCUT2D eigenvalue weighted by atomic mass is 79.9. The van der Waals surface area contributed by atoms with Crippen LogP contribution in [0.25, 0.3) is 0 Å². The lowest BCUT2D eigenvalue weighted by molar-refractivity contribution is -0.117. The molecule has 2 unspecified atom stereocenters. The highest BCUT2D eigenvalue weighted by Gasteiger charge is 2.43. The van der Waals surface area contributed by atoms with E-state index in [2.05, 4.69) is 28.1 Å². The Morgan fingerprint density at radius 3 is 2.55 bits per heavy atom. The Hall–Kier alpha value is -1.06. The van der Waals surface area contributed by atoms with Crippen LogP contribution in [0, 0.1) is 5.92 Å². The van der Waals surface area contributed by atoms with Gasteiger partial charge in [0, 0.05) is 15.3 Å². The summed E-state index contributed by atoms with van der Waals surface area (Å²) in [6.45, 7) is 0. The minimum absolute atomic E-state index is 0.229. The fourth-order valence-electron chi connectivity index (χ4n) is 2.44. The van der Waals surface area contributed by atoms with Crippen molar-refractivity contribution in [2.24, 2.45) is 5.92 Å². The van der Waals surface area contributed by atoms with E-state index in [-0.39, 0.29) is 5.92 Å². The lowest BCUT2D eigenvalue weighted by Gasteiger charge is -2.03. The van der Waals surface area contributed by atoms with Gasteiger partial charge in [-0.2, -0.15) is 0 Å². The molecule has 3 heteroatoms. The highest BCUT2D eigenvalue weighted by molar-refractivity contribution is 9.10. The molecule has 0 radical (unpaired) electrons. The molecule has 0 amide bonds. The summed E-state index contributed by atoms with van der Waals surface area (Å²) in [5.41, 5.74) is 1.30. The molecule has 2 aromatic carbocycles. The maximum atomic E-state index is 12.2. The normalized spacial score (nSPS) is 20.6. The van der Waals surface area contributed by atoms with Crippen LogP contribution >= 0.6 is 27.7 Å². The summed E-state index contributed by atoms with van der Waals surface area (Å²) in [6.07, 6.45) is 1.01. The van der Waals surface area contributed by atoms with E-state index in [0.717, 1.165) is 15.8 Å². The zero-order chi connectivity index (χ0) is 13.9. The van der Waals surface area contributed by atoms with Crippen LogP contribution < -0.4 is 0 Å². The topological polar surface area (TPSA) is 17.1 Å². The highest BCUT2D eigenvalue weighted by Crippen LogP contribution is 2.48. The lowest BCUT2D eigenvalue weighted by atomic mass is 10.1. The molecule has 0 N–H and O–H groups in total. The summed E-state index contributed by atoms with van der Waals surface area (Å²) in [5, 5.41) is 0. The fraction of sp³-hybridized carbons (Fsp3) is 0.235. The average Bonchev–Trinajstić information content (AvgIpc) is 3.28. The molecule has 0 saturated heterocycles. The Morgan fingerprint density at radius 1 is 1.10 bits per heavy atom. The molecule has 102 valence electrons. The maximum Gasteiger partial charge on any atom is 0.146 e. The van der Waals surface area contributed by atoms with E-state index >= 15 is 0 Å². The van der Waals surface area contributed by atoms with Gasteiger partial charge in [-0.1, -0.05) is 42.5 Å². The number of Topliss-reactive ketones (excluding diaryl/α,β-unsaturated/α-hetero) is 1. The third kappa shape index (κ3) is 3.15. The molecule has 20 heavy (non-hydrogen) atoms. The van der Waals surface area contributed by atoms with E-state index in [1.807, 2.05) is 42.5 Å². The van der Waals surface area contributed by atoms with Crippen LogP contribution in [0.15, 0.2) is 64.0 Å². The van der Waals surface area contributed by atoms with Gasteiger partial charge in [0.05, 0.1) is 5.75 Å². The number of halogens is 1. The molecular weight excluding hydrogens is 332 g/mol. The number of ketones is 1. The molecule has 3 rings (SSSR count). The van der Waals surface area contributed by atoms with E-state index in [1.165, 1.54) is 5.56 Å². The first-order valence-corrected chi connectivity index (χ1v) is 8.48. The Labute approximate surface area is 131 Å². The monoisotopic (exact) mass is 346 g/mol. The van der Waals surface area contributed by atoms with Crippen molar-refractivity contribution in [1.29, 1.82) is 0 Å². The van der Waals surface area contributed by atoms with Gasteiger partial charge < -0.3 is 0 Å². The Balaban J connectivity index is 1.56. The van der Waals surface area contributed by atoms with E-state index in [9.17, 15) is 4.79 Å². The van der Waals surface area contributed by atoms with Crippen LogP contribution in [-0.2, 0) is 4.79 Å². The molecule has 0 aliphatic heterocycles. The summed E-state index contributed by atoms with van der Waals surface area (Å²) in [4.78, 5) is 13.4. The second-order valence-electron chi connectivity index (χ2n) is 5.04. The minimum Gasteiger partial charge on any atom is -0.298 e. The van der Waals surface area contributed by atoms with Crippen molar-refractivity contribution in [3.05, 3.63) is 64.6 Å². The summed E-state index contributed by atoms with van der Waals surface area (Å²) in [5.74, 6) is 1.62. The average molecular weight is 347 g/mol. The Bertz CT molecular complexity index is 611. The first-order valence-electron chi connectivity index (χ1n) is 6.70. The zero-order valence-corrected chi connectivity index (χ0v) is 13.4. The van der Waals surface area contributed by atoms with Crippen LogP contribution in [-0.4, -0.2) is 11.5 Å². The van der Waals surface area contributed by atoms with Gasteiger partial charge in [-0.3, -0.25) is 4.79 Å². The SMILES string of the molecule is O=C(CSc1ccccc1Br)C1CC1c1ccccc1. The molecular formula is C17H15BrOS. The maximum absolute atomic E-state index is 12.2. The van der Waals surface area contributed by atoms with E-state index in [4.69, 9.17) is 0 Å². The molecule has 0 spiro atoms. The van der Waals surface area contributed by atoms with Crippen molar-refractivity contribution >= 4 is 33.5 Å². The second-order valence-corrected chi connectivity index (χ2v) is 6.92. The van der Waals surface area contributed by atoms with Gasteiger partial charge >= 0.3 is 0 Å². The molecule has 0 heterocycles. The molecule has 0 bridgehead atoms. The van der Waals surface area contributed by atoms with Crippen LogP contribution in [0.1, 0.15) is 17.9 Å². The van der Waals surface area contributed by atoms with Crippen LogP contribution in [0.2, 0.25) is 0 Å². The number of thioether (sulfide) groups is 1. The van der Waals surface area contributed by atoms with Crippen LogP contribution in [0.3, 0.4) is 0 Å². The molecule has 1 saturated carbocycles. The third-order valence-corrected chi connectivity index (χ3v) is 5.69. The quantitative estimate of drug-likeness (QED) is 0.715. The molecule has 2 atom stereocenters. The zero-order valence-electron chi connectivity index (χ0n) is 11.0. The summed E-state index contributed by atoms with van der Waals surface area (Å²) in [7, 11) is 0. The predicted molar refractivity (Wildman–Crippen MR) is 87.2 cm³/mol. The van der Waals surface area contributed by atoms with Crippen molar-refractivity contribution in [3.63, 3.8) is 0 Å². The standard InChI is InChI=1S/C17H15BrOS/c18-15-8-4-5-9-17(15)20-11-16(19)14-10-13(14)12-6-2-1-3-7-12/h1-9,13-14H,10-11H2. The smallest absolute Gasteiger partial charge is 0.146 e. The van der Waals surface area contributed by atoms with E-state index < -0.39 is 0 Å². The van der Waals surface area contributed by atoms with E-state index in [1.54, 1.807) is 11.8 Å². The first kappa shape index (κ1) is 13.9. The van der Waals surface area contributed by atoms with Gasteiger partial charge in [0.15, 0.2) is 0 Å². The summed E-state index contributed by atoms with van der Waals surface area (Å²) >= 11 is 5.14. The Morgan fingerprint density at radius 2 is 1.80 bits per heavy atom. The van der Waals surface area contributed by atoms with Gasteiger partial charge in [0.1, 0.15) is 5.78 Å². The van der Waals surface area contributed by atoms with Crippen molar-refractivity contribution in [3.8, 4) is 0 Å². The van der Waals surface area contributed by atoms with Gasteiger partial charge in [-0.15, -0.1) is 11.8 Å². The number of hydrogen-bond acceptors (Lipinski definition) is 2. The molecule has 0 aromatic heterocycles. The molecule has 1 fully saturated rings. The van der Waals surface area contributed by atoms with Crippen molar-refractivity contribution in [1.82, 2.24) is 0 Å². The minimum atomic E-state index is 0.229. The van der Waals surface area contributed by atoms with Crippen molar-refractivity contribution < 1.29 is 4.79 Å². The molecule has 1 aliphatic rings. The molecule has 1 aliphatic carbocycles. The summed E-state index contributed by atoms with van der Waals surface area (Å²) < 4.78 is 1.06. The van der Waals surface area contributed by atoms with Crippen molar-refractivity contribution in [2.45, 2.75) is 17.2 Å². The van der Waals surface area contributed by atoms with Gasteiger partial charge in [-0.25, -0.2) is 0 Å². The number of carbonyl (C=O) groups is 1. The van der Waals surface area contributed by atoms with Gasteiger partial charge in [0.2, 0.25) is 0 Å². The third-order valence-electron chi connectivity index (χ3n) is 3.64. The summed E-state index contributed by atoms with van der Waals surface area (Å²) in [6, 6.07) is 18.4. The first-order chi connectivity index (χ1) is 9.75. The van der Waals surface area contributed by atoms with Crippen molar-refractivity contribution in [2.75, 3.05) is 5.75 Å². The van der Waals surface area contributed by atoms with Crippen LogP contribution in [0.5, 0.6) is 0 Å². The number of carbonyl (C=O) groups excluding carboxylic acids is 1. The largest absolute Gasteiger partial charge is 0.298 e. The van der Waals surface area contributed by atoms with Crippen LogP contribution in [0.4, 0.5) is 0 Å². The molecule has 1 nitrogen and oxygen atoms in total. The molecule has 2 aromatic rings. The van der Waals surface area contributed by atoms with E-state index in [0.29, 0.717) is 17.5 Å². The van der Waals surface area contributed by atoms with Gasteiger partial charge in [0.25, 0.3) is 0 Å². The number of hydrogen-bond donors (Lipinski definition) is 0. The second kappa shape index (κ2) is 6.15. The predicted octanol–water partition coefficient (Wildman–Crippen LogP) is 4.91. The number of benzene rings is 2.